The van der Waals surface area contributed by atoms with Crippen LogP contribution in [0, 0.1) is 6.92 Å². The molecule has 4 rings (SSSR count). The van der Waals surface area contributed by atoms with Gasteiger partial charge in [-0.1, -0.05) is 53.9 Å². The van der Waals surface area contributed by atoms with Gasteiger partial charge in [-0.15, -0.1) is 0 Å². The first kappa shape index (κ1) is 24.2. The molecule has 0 saturated heterocycles. The van der Waals surface area contributed by atoms with Crippen LogP contribution in [0.5, 0.6) is 0 Å². The molecule has 0 unspecified atom stereocenters. The smallest absolute Gasteiger partial charge is 0.320 e. The van der Waals surface area contributed by atoms with E-state index < -0.39 is 17.7 Å². The molecule has 3 amide bonds. The van der Waals surface area contributed by atoms with Crippen LogP contribution in [0.4, 0.5) is 11.4 Å². The largest absolute Gasteiger partial charge is 0.328 e. The number of nitrogens with one attached hydrogen (secondary N) is 3. The minimum atomic E-state index is -0.922. The number of carbonyl (C=O) groups excluding carboxylic acids is 3. The van der Waals surface area contributed by atoms with Crippen molar-refractivity contribution < 1.29 is 14.4 Å². The fraction of sp³-hybridized carbons (Fsp3) is 0.0417. The molecule has 34 heavy (non-hydrogen) atoms. The molecule has 0 fully saturated rings. The Labute approximate surface area is 220 Å². The average Bonchev–Trinajstić information content (AvgIpc) is 3.13. The van der Waals surface area contributed by atoms with Crippen molar-refractivity contribution in [3.8, 4) is 0 Å². The molecule has 4 aromatic rings. The summed E-state index contributed by atoms with van der Waals surface area (Å²) in [7, 11) is 0. The van der Waals surface area contributed by atoms with Gasteiger partial charge in [0.1, 0.15) is 5.69 Å². The van der Waals surface area contributed by atoms with Gasteiger partial charge in [0.2, 0.25) is 0 Å². The van der Waals surface area contributed by atoms with E-state index in [2.05, 4.69) is 63.8 Å². The van der Waals surface area contributed by atoms with Gasteiger partial charge in [0.05, 0.1) is 5.52 Å². The number of benzene rings is 3. The predicted molar refractivity (Wildman–Crippen MR) is 144 cm³/mol. The number of aromatic nitrogens is 1. The first-order valence-electron chi connectivity index (χ1n) is 9.97. The van der Waals surface area contributed by atoms with Gasteiger partial charge in [-0.3, -0.25) is 19.8 Å². The normalized spacial score (nSPS) is 10.7. The van der Waals surface area contributed by atoms with Crippen molar-refractivity contribution in [3.63, 3.8) is 0 Å². The lowest BCUT2D eigenvalue weighted by molar-refractivity contribution is -0.133. The Morgan fingerprint density at radius 2 is 1.47 bits per heavy atom. The van der Waals surface area contributed by atoms with Crippen molar-refractivity contribution in [2.24, 2.45) is 0 Å². The van der Waals surface area contributed by atoms with Crippen molar-refractivity contribution in [2.45, 2.75) is 6.92 Å². The molecule has 0 radical (unpaired) electrons. The van der Waals surface area contributed by atoms with E-state index in [-0.39, 0.29) is 5.69 Å². The molecule has 0 aliphatic heterocycles. The minimum Gasteiger partial charge on any atom is -0.320 e. The molecule has 0 aliphatic carbocycles. The third-order valence-electron chi connectivity index (χ3n) is 4.93. The van der Waals surface area contributed by atoms with Crippen LogP contribution in [0.25, 0.3) is 10.9 Å². The molecule has 0 atom stereocenters. The summed E-state index contributed by atoms with van der Waals surface area (Å²) in [5.41, 5.74) is 5.23. The summed E-state index contributed by atoms with van der Waals surface area (Å²) in [5.74, 6) is -2.23. The number of anilines is 2. The maximum Gasteiger partial charge on any atom is 0.328 e. The lowest BCUT2D eigenvalue weighted by Crippen LogP contribution is -2.36. The van der Waals surface area contributed by atoms with Crippen molar-refractivity contribution in [3.05, 3.63) is 91.4 Å². The number of nitrogens with zero attached hydrogens (tertiary/aromatic N) is 1. The summed E-state index contributed by atoms with van der Waals surface area (Å²) in [4.78, 5) is 38.5. The standard InChI is InChI=1S/C24H17Br3N4O3/c1-13-9-16(26)5-7-19(13)29-22(32)21-11-14-10-17(27)6-8-20(14)31(21)30-24(34)23(33)28-18-4-2-3-15(25)12-18/h2-12H,1H3,(H,28,33)(H,29,32)(H,30,34). The molecular formula is C24H17Br3N4O3. The van der Waals surface area contributed by atoms with Gasteiger partial charge in [0.15, 0.2) is 0 Å². The Balaban J connectivity index is 1.64. The molecule has 3 N–H and O–H groups in total. The Bertz CT molecular complexity index is 1450. The number of fused-ring (bicyclic) bond motifs is 1. The van der Waals surface area contributed by atoms with Crippen LogP contribution in [0.1, 0.15) is 16.1 Å². The van der Waals surface area contributed by atoms with Crippen LogP contribution in [0.2, 0.25) is 0 Å². The highest BCUT2D eigenvalue weighted by Gasteiger charge is 2.21. The highest BCUT2D eigenvalue weighted by molar-refractivity contribution is 9.11. The highest BCUT2D eigenvalue weighted by atomic mass is 79.9. The maximum absolute atomic E-state index is 13.2. The van der Waals surface area contributed by atoms with Crippen LogP contribution in [-0.2, 0) is 9.59 Å². The molecule has 1 aromatic heterocycles. The number of hydrogen-bond acceptors (Lipinski definition) is 3. The molecule has 0 saturated carbocycles. The number of halogens is 3. The first-order chi connectivity index (χ1) is 16.2. The predicted octanol–water partition coefficient (Wildman–Crippen LogP) is 6.20. The van der Waals surface area contributed by atoms with Crippen LogP contribution in [-0.4, -0.2) is 22.4 Å². The topological polar surface area (TPSA) is 92.2 Å². The van der Waals surface area contributed by atoms with E-state index in [4.69, 9.17) is 0 Å². The van der Waals surface area contributed by atoms with Gasteiger partial charge in [-0.2, -0.15) is 0 Å². The van der Waals surface area contributed by atoms with E-state index >= 15 is 0 Å². The molecule has 0 spiro atoms. The van der Waals surface area contributed by atoms with Crippen LogP contribution < -0.4 is 16.1 Å². The van der Waals surface area contributed by atoms with Gasteiger partial charge in [0, 0.05) is 30.2 Å². The summed E-state index contributed by atoms with van der Waals surface area (Å²) in [6.45, 7) is 1.88. The quantitative estimate of drug-likeness (QED) is 0.230. The van der Waals surface area contributed by atoms with E-state index in [0.29, 0.717) is 22.3 Å². The molecule has 1 heterocycles. The Kier molecular flexibility index (Phi) is 7.20. The Morgan fingerprint density at radius 1 is 0.765 bits per heavy atom. The summed E-state index contributed by atoms with van der Waals surface area (Å²) >= 11 is 10.2. The van der Waals surface area contributed by atoms with Crippen LogP contribution >= 0.6 is 47.8 Å². The minimum absolute atomic E-state index is 0.166. The lowest BCUT2D eigenvalue weighted by atomic mass is 10.2. The molecule has 0 bridgehead atoms. The number of carbonyl (C=O) groups is 3. The Morgan fingerprint density at radius 3 is 2.21 bits per heavy atom. The molecule has 0 aliphatic rings. The van der Waals surface area contributed by atoms with Gasteiger partial charge in [0.25, 0.3) is 5.91 Å². The summed E-state index contributed by atoms with van der Waals surface area (Å²) in [5, 5.41) is 6.12. The zero-order chi connectivity index (χ0) is 24.4. The van der Waals surface area contributed by atoms with Crippen molar-refractivity contribution in [1.29, 1.82) is 0 Å². The third-order valence-corrected chi connectivity index (χ3v) is 6.41. The van der Waals surface area contributed by atoms with E-state index in [0.717, 1.165) is 19.0 Å². The SMILES string of the molecule is Cc1cc(Br)ccc1NC(=O)c1cc2cc(Br)ccc2n1NC(=O)C(=O)Nc1cccc(Br)c1. The monoisotopic (exact) mass is 646 g/mol. The molecule has 7 nitrogen and oxygen atoms in total. The van der Waals surface area contributed by atoms with Crippen LogP contribution in [0.3, 0.4) is 0 Å². The average molecular weight is 649 g/mol. The van der Waals surface area contributed by atoms with Gasteiger partial charge >= 0.3 is 11.8 Å². The Hall–Kier alpha value is -2.95. The summed E-state index contributed by atoms with van der Waals surface area (Å²) in [6, 6.07) is 19.4. The van der Waals surface area contributed by atoms with E-state index in [1.165, 1.54) is 4.68 Å². The van der Waals surface area contributed by atoms with Gasteiger partial charge in [-0.05, 0) is 73.2 Å². The molecule has 172 valence electrons. The zero-order valence-electron chi connectivity index (χ0n) is 17.7. The zero-order valence-corrected chi connectivity index (χ0v) is 22.4. The first-order valence-corrected chi connectivity index (χ1v) is 12.4. The molecule has 3 aromatic carbocycles. The molecular weight excluding hydrogens is 632 g/mol. The van der Waals surface area contributed by atoms with E-state index in [1.54, 1.807) is 48.5 Å². The summed E-state index contributed by atoms with van der Waals surface area (Å²) in [6.07, 6.45) is 0. The lowest BCUT2D eigenvalue weighted by Gasteiger charge is -2.14. The van der Waals surface area contributed by atoms with E-state index in [9.17, 15) is 14.4 Å². The summed E-state index contributed by atoms with van der Waals surface area (Å²) < 4.78 is 3.78. The second-order valence-corrected chi connectivity index (χ2v) is 10.1. The number of aryl methyl sites for hydroxylation is 1. The van der Waals surface area contributed by atoms with Crippen molar-refractivity contribution >= 4 is 87.8 Å². The second-order valence-electron chi connectivity index (χ2n) is 7.39. The second kappa shape index (κ2) is 10.1. The van der Waals surface area contributed by atoms with Crippen molar-refractivity contribution in [2.75, 3.05) is 16.1 Å². The van der Waals surface area contributed by atoms with Crippen LogP contribution in [0.15, 0.2) is 80.1 Å². The number of rotatable bonds is 4. The van der Waals surface area contributed by atoms with E-state index in [1.807, 2.05) is 25.1 Å². The number of hydrogen-bond donors (Lipinski definition) is 3. The van der Waals surface area contributed by atoms with Gasteiger partial charge in [-0.25, -0.2) is 4.68 Å². The molecule has 10 heteroatoms. The highest BCUT2D eigenvalue weighted by Crippen LogP contribution is 2.25. The fourth-order valence-corrected chi connectivity index (χ4v) is 4.59. The van der Waals surface area contributed by atoms with Gasteiger partial charge < -0.3 is 10.6 Å². The maximum atomic E-state index is 13.2. The third kappa shape index (κ3) is 5.40. The fourth-order valence-electron chi connectivity index (χ4n) is 3.33. The van der Waals surface area contributed by atoms with Crippen molar-refractivity contribution in [1.82, 2.24) is 4.68 Å². The number of amides is 3.